The van der Waals surface area contributed by atoms with Gasteiger partial charge in [0.05, 0.1) is 10.0 Å². The van der Waals surface area contributed by atoms with Gasteiger partial charge in [0.1, 0.15) is 5.78 Å². The van der Waals surface area contributed by atoms with Crippen molar-refractivity contribution >= 4 is 34.8 Å². The van der Waals surface area contributed by atoms with Crippen molar-refractivity contribution in [3.8, 4) is 11.1 Å². The Labute approximate surface area is 159 Å². The summed E-state index contributed by atoms with van der Waals surface area (Å²) in [6, 6.07) is 12.8. The van der Waals surface area contributed by atoms with Gasteiger partial charge < -0.3 is 0 Å². The molecule has 2 rings (SSSR count). The predicted molar refractivity (Wildman–Crippen MR) is 104 cm³/mol. The van der Waals surface area contributed by atoms with Crippen molar-refractivity contribution in [3.63, 3.8) is 0 Å². The number of benzene rings is 2. The molecule has 0 saturated heterocycles. The Morgan fingerprint density at radius 1 is 0.920 bits per heavy atom. The summed E-state index contributed by atoms with van der Waals surface area (Å²) < 4.78 is 0. The Morgan fingerprint density at radius 2 is 1.52 bits per heavy atom. The van der Waals surface area contributed by atoms with Gasteiger partial charge in [0.25, 0.3) is 0 Å². The molecule has 0 aliphatic carbocycles. The van der Waals surface area contributed by atoms with Crippen LogP contribution in [0.2, 0.25) is 10.0 Å². The number of ketones is 2. The van der Waals surface area contributed by atoms with Crippen molar-refractivity contribution in [3.05, 3.63) is 58.1 Å². The Balaban J connectivity index is 2.14. The van der Waals surface area contributed by atoms with Crippen LogP contribution in [0, 0.1) is 11.8 Å². The van der Waals surface area contributed by atoms with E-state index in [9.17, 15) is 9.59 Å². The van der Waals surface area contributed by atoms with Crippen LogP contribution in [0.15, 0.2) is 42.5 Å². The lowest BCUT2D eigenvalue weighted by Crippen LogP contribution is -2.18. The standard InChI is InChI=1S/C21H22Cl2O2/c1-13(2)10-18(14(3)24)12-21(25)16-6-4-15(5-7-16)17-8-9-19(22)20(23)11-17/h4-9,11,13,18H,10,12H2,1-3H3. The number of hydrogen-bond donors (Lipinski definition) is 0. The topological polar surface area (TPSA) is 34.1 Å². The Hall–Kier alpha value is -1.64. The van der Waals surface area contributed by atoms with Gasteiger partial charge in [-0.15, -0.1) is 0 Å². The quantitative estimate of drug-likeness (QED) is 0.517. The van der Waals surface area contributed by atoms with Crippen LogP contribution in [0.5, 0.6) is 0 Å². The molecule has 0 N–H and O–H groups in total. The van der Waals surface area contributed by atoms with Gasteiger partial charge in [-0.2, -0.15) is 0 Å². The van der Waals surface area contributed by atoms with Crippen LogP contribution in [-0.2, 0) is 4.79 Å². The molecular weight excluding hydrogens is 355 g/mol. The highest BCUT2D eigenvalue weighted by Gasteiger charge is 2.20. The summed E-state index contributed by atoms with van der Waals surface area (Å²) in [5.74, 6) is 0.261. The Morgan fingerprint density at radius 3 is 2.04 bits per heavy atom. The minimum absolute atomic E-state index is 0.00142. The van der Waals surface area contributed by atoms with E-state index in [2.05, 4.69) is 13.8 Å². The second kappa shape index (κ2) is 8.64. The van der Waals surface area contributed by atoms with Crippen LogP contribution in [0.3, 0.4) is 0 Å². The molecule has 0 amide bonds. The maximum atomic E-state index is 12.5. The van der Waals surface area contributed by atoms with Crippen LogP contribution in [0.25, 0.3) is 11.1 Å². The molecule has 1 atom stereocenters. The summed E-state index contributed by atoms with van der Waals surface area (Å²) in [6.45, 7) is 5.69. The zero-order valence-electron chi connectivity index (χ0n) is 14.7. The molecule has 0 aromatic heterocycles. The van der Waals surface area contributed by atoms with Gasteiger partial charge in [-0.05, 0) is 42.5 Å². The minimum atomic E-state index is -0.206. The molecule has 132 valence electrons. The summed E-state index contributed by atoms with van der Waals surface area (Å²) in [4.78, 5) is 24.3. The summed E-state index contributed by atoms with van der Waals surface area (Å²) in [5.41, 5.74) is 2.52. The molecule has 0 aliphatic rings. The minimum Gasteiger partial charge on any atom is -0.300 e. The molecule has 25 heavy (non-hydrogen) atoms. The number of hydrogen-bond acceptors (Lipinski definition) is 2. The fourth-order valence-corrected chi connectivity index (χ4v) is 3.13. The molecule has 0 fully saturated rings. The third kappa shape index (κ3) is 5.42. The van der Waals surface area contributed by atoms with E-state index in [-0.39, 0.29) is 23.9 Å². The van der Waals surface area contributed by atoms with Crippen molar-refractivity contribution in [2.24, 2.45) is 11.8 Å². The molecule has 2 nitrogen and oxygen atoms in total. The zero-order valence-corrected chi connectivity index (χ0v) is 16.2. The van der Waals surface area contributed by atoms with E-state index in [1.54, 1.807) is 31.2 Å². The highest BCUT2D eigenvalue weighted by molar-refractivity contribution is 6.42. The summed E-state index contributed by atoms with van der Waals surface area (Å²) >= 11 is 12.0. The van der Waals surface area contributed by atoms with Crippen molar-refractivity contribution in [1.82, 2.24) is 0 Å². The maximum absolute atomic E-state index is 12.5. The van der Waals surface area contributed by atoms with Gasteiger partial charge in [0, 0.05) is 17.9 Å². The molecule has 0 saturated carbocycles. The number of Topliss-reactive ketones (excluding diaryl/α,β-unsaturated/α-hetero) is 2. The molecule has 2 aromatic carbocycles. The van der Waals surface area contributed by atoms with Crippen LogP contribution in [0.1, 0.15) is 44.0 Å². The fourth-order valence-electron chi connectivity index (χ4n) is 2.83. The first kappa shape index (κ1) is 19.7. The van der Waals surface area contributed by atoms with Gasteiger partial charge in [-0.25, -0.2) is 0 Å². The SMILES string of the molecule is CC(=O)C(CC(=O)c1ccc(-c2ccc(Cl)c(Cl)c2)cc1)CC(C)C. The van der Waals surface area contributed by atoms with E-state index >= 15 is 0 Å². The van der Waals surface area contributed by atoms with Gasteiger partial charge in [0.15, 0.2) is 5.78 Å². The molecule has 2 aromatic rings. The van der Waals surface area contributed by atoms with E-state index in [1.807, 2.05) is 18.2 Å². The average Bonchev–Trinajstić information content (AvgIpc) is 2.56. The summed E-state index contributed by atoms with van der Waals surface area (Å²) in [6.07, 6.45) is 1.00. The van der Waals surface area contributed by atoms with Gasteiger partial charge >= 0.3 is 0 Å². The summed E-state index contributed by atoms with van der Waals surface area (Å²) in [5, 5.41) is 1.01. The number of halogens is 2. The molecule has 0 aliphatic heterocycles. The third-order valence-electron chi connectivity index (χ3n) is 4.22. The number of carbonyl (C=O) groups is 2. The highest BCUT2D eigenvalue weighted by atomic mass is 35.5. The fraction of sp³-hybridized carbons (Fsp3) is 0.333. The maximum Gasteiger partial charge on any atom is 0.163 e. The highest BCUT2D eigenvalue weighted by Crippen LogP contribution is 2.29. The van der Waals surface area contributed by atoms with Crippen molar-refractivity contribution in [2.75, 3.05) is 0 Å². The van der Waals surface area contributed by atoms with Gasteiger partial charge in [0.2, 0.25) is 0 Å². The summed E-state index contributed by atoms with van der Waals surface area (Å²) in [7, 11) is 0. The normalized spacial score (nSPS) is 12.2. The second-order valence-electron chi connectivity index (χ2n) is 6.77. The average molecular weight is 377 g/mol. The molecule has 4 heteroatoms. The Kier molecular flexibility index (Phi) is 6.80. The first-order valence-electron chi connectivity index (χ1n) is 8.37. The first-order chi connectivity index (χ1) is 11.8. The molecule has 1 unspecified atom stereocenters. The smallest absolute Gasteiger partial charge is 0.163 e. The van der Waals surface area contributed by atoms with Crippen molar-refractivity contribution < 1.29 is 9.59 Å². The van der Waals surface area contributed by atoms with Gasteiger partial charge in [-0.1, -0.05) is 67.4 Å². The molecule has 0 spiro atoms. The van der Waals surface area contributed by atoms with Crippen LogP contribution in [-0.4, -0.2) is 11.6 Å². The number of rotatable bonds is 7. The van der Waals surface area contributed by atoms with Crippen LogP contribution >= 0.6 is 23.2 Å². The predicted octanol–water partition coefficient (Wildman–Crippen LogP) is 6.48. The van der Waals surface area contributed by atoms with E-state index in [4.69, 9.17) is 23.2 Å². The van der Waals surface area contributed by atoms with Crippen LogP contribution < -0.4 is 0 Å². The first-order valence-corrected chi connectivity index (χ1v) is 9.12. The van der Waals surface area contributed by atoms with Crippen molar-refractivity contribution in [2.45, 2.75) is 33.6 Å². The zero-order chi connectivity index (χ0) is 18.6. The number of carbonyl (C=O) groups excluding carboxylic acids is 2. The van der Waals surface area contributed by atoms with Crippen LogP contribution in [0.4, 0.5) is 0 Å². The lowest BCUT2D eigenvalue weighted by molar-refractivity contribution is -0.121. The van der Waals surface area contributed by atoms with E-state index in [1.165, 1.54) is 0 Å². The van der Waals surface area contributed by atoms with E-state index in [0.717, 1.165) is 17.5 Å². The lowest BCUT2D eigenvalue weighted by atomic mass is 9.88. The van der Waals surface area contributed by atoms with E-state index < -0.39 is 0 Å². The molecule has 0 radical (unpaired) electrons. The lowest BCUT2D eigenvalue weighted by Gasteiger charge is -2.15. The monoisotopic (exact) mass is 376 g/mol. The third-order valence-corrected chi connectivity index (χ3v) is 4.96. The largest absolute Gasteiger partial charge is 0.300 e. The second-order valence-corrected chi connectivity index (χ2v) is 7.59. The molecule has 0 bridgehead atoms. The van der Waals surface area contributed by atoms with Gasteiger partial charge in [-0.3, -0.25) is 9.59 Å². The van der Waals surface area contributed by atoms with E-state index in [0.29, 0.717) is 21.5 Å². The molecular formula is C21H22Cl2O2. The Bertz CT molecular complexity index is 764. The van der Waals surface area contributed by atoms with Crippen molar-refractivity contribution in [1.29, 1.82) is 0 Å². The molecule has 0 heterocycles.